The Morgan fingerprint density at radius 1 is 1.32 bits per heavy atom. The fraction of sp³-hybridized carbons (Fsp3) is 0.333. The van der Waals surface area contributed by atoms with Gasteiger partial charge in [0.2, 0.25) is 0 Å². The molecule has 0 N–H and O–H groups in total. The second-order valence-corrected chi connectivity index (χ2v) is 7.44. The number of thiophene rings is 1. The van der Waals surface area contributed by atoms with E-state index in [9.17, 15) is 4.39 Å². The smallest absolute Gasteiger partial charge is 0.123 e. The number of halogens is 2. The number of benzene rings is 1. The average molecular weight is 340 g/mol. The van der Waals surface area contributed by atoms with Gasteiger partial charge in [-0.2, -0.15) is 0 Å². The Morgan fingerprint density at radius 3 is 2.95 bits per heavy atom. The van der Waals surface area contributed by atoms with E-state index in [1.165, 1.54) is 21.2 Å². The standard InChI is InChI=1S/C15H15BrFNS/c16-15-7-6-13(19-15)10-18-8-2-5-14(18)11-3-1-4-12(17)9-11/h1,3-4,6-7,9,14H,2,5,8,10H2/t14-/m1/s1. The lowest BCUT2D eigenvalue weighted by Gasteiger charge is -2.24. The second-order valence-electron chi connectivity index (χ2n) is 4.89. The van der Waals surface area contributed by atoms with Crippen LogP contribution in [-0.2, 0) is 6.54 Å². The lowest BCUT2D eigenvalue weighted by Crippen LogP contribution is -2.22. The van der Waals surface area contributed by atoms with Gasteiger partial charge in [-0.1, -0.05) is 12.1 Å². The number of hydrogen-bond donors (Lipinski definition) is 0. The van der Waals surface area contributed by atoms with Crippen LogP contribution < -0.4 is 0 Å². The Morgan fingerprint density at radius 2 is 2.21 bits per heavy atom. The van der Waals surface area contributed by atoms with Gasteiger partial charge in [0, 0.05) is 17.5 Å². The van der Waals surface area contributed by atoms with Crippen molar-refractivity contribution < 1.29 is 4.39 Å². The first-order valence-corrected chi connectivity index (χ1v) is 8.07. The van der Waals surface area contributed by atoms with E-state index in [1.807, 2.05) is 12.1 Å². The van der Waals surface area contributed by atoms with Crippen molar-refractivity contribution in [3.8, 4) is 0 Å². The summed E-state index contributed by atoms with van der Waals surface area (Å²) < 4.78 is 14.5. The lowest BCUT2D eigenvalue weighted by molar-refractivity contribution is 0.250. The van der Waals surface area contributed by atoms with Crippen molar-refractivity contribution in [2.45, 2.75) is 25.4 Å². The summed E-state index contributed by atoms with van der Waals surface area (Å²) in [5, 5.41) is 0. The van der Waals surface area contributed by atoms with Crippen molar-refractivity contribution in [3.63, 3.8) is 0 Å². The molecule has 3 rings (SSSR count). The minimum absolute atomic E-state index is 0.136. The Balaban J connectivity index is 1.78. The predicted molar refractivity (Wildman–Crippen MR) is 80.8 cm³/mol. The van der Waals surface area contributed by atoms with Gasteiger partial charge in [0.15, 0.2) is 0 Å². The van der Waals surface area contributed by atoms with Gasteiger partial charge in [0.1, 0.15) is 5.82 Å². The molecular formula is C15H15BrFNS. The first-order valence-electron chi connectivity index (χ1n) is 6.46. The fourth-order valence-electron chi connectivity index (χ4n) is 2.74. The molecule has 19 heavy (non-hydrogen) atoms. The molecule has 1 saturated heterocycles. The molecule has 0 amide bonds. The summed E-state index contributed by atoms with van der Waals surface area (Å²) in [6.45, 7) is 2.05. The Hall–Kier alpha value is -0.710. The Bertz CT molecular complexity index is 569. The lowest BCUT2D eigenvalue weighted by atomic mass is 10.0. The molecular weight excluding hydrogens is 325 g/mol. The fourth-order valence-corrected chi connectivity index (χ4v) is 4.25. The van der Waals surface area contributed by atoms with Crippen molar-refractivity contribution in [3.05, 3.63) is 56.4 Å². The second kappa shape index (κ2) is 5.73. The monoisotopic (exact) mass is 339 g/mol. The third-order valence-corrected chi connectivity index (χ3v) is 5.19. The van der Waals surface area contributed by atoms with Gasteiger partial charge in [-0.05, 0) is 65.1 Å². The minimum atomic E-state index is -0.136. The van der Waals surface area contributed by atoms with Crippen LogP contribution in [0.2, 0.25) is 0 Å². The number of likely N-dealkylation sites (tertiary alicyclic amines) is 1. The predicted octanol–water partition coefficient (Wildman–Crippen LogP) is 4.99. The van der Waals surface area contributed by atoms with Crippen LogP contribution in [0, 0.1) is 5.82 Å². The maximum absolute atomic E-state index is 13.4. The molecule has 2 aromatic rings. The molecule has 4 heteroatoms. The van der Waals surface area contributed by atoms with Gasteiger partial charge in [-0.3, -0.25) is 4.90 Å². The molecule has 1 aromatic carbocycles. The zero-order chi connectivity index (χ0) is 13.2. The summed E-state index contributed by atoms with van der Waals surface area (Å²) in [5.41, 5.74) is 1.10. The van der Waals surface area contributed by atoms with E-state index in [2.05, 4.69) is 33.0 Å². The van der Waals surface area contributed by atoms with Gasteiger partial charge in [-0.15, -0.1) is 11.3 Å². The minimum Gasteiger partial charge on any atom is -0.291 e. The molecule has 2 heterocycles. The SMILES string of the molecule is Fc1cccc([C@H]2CCCN2Cc2ccc(Br)s2)c1. The molecule has 0 unspecified atom stereocenters. The quantitative estimate of drug-likeness (QED) is 0.761. The summed E-state index contributed by atoms with van der Waals surface area (Å²) >= 11 is 5.28. The summed E-state index contributed by atoms with van der Waals surface area (Å²) in [7, 11) is 0. The van der Waals surface area contributed by atoms with Crippen molar-refractivity contribution in [2.24, 2.45) is 0 Å². The first-order chi connectivity index (χ1) is 9.22. The van der Waals surface area contributed by atoms with Crippen molar-refractivity contribution in [2.75, 3.05) is 6.54 Å². The molecule has 1 nitrogen and oxygen atoms in total. The highest BCUT2D eigenvalue weighted by Crippen LogP contribution is 2.34. The van der Waals surface area contributed by atoms with Crippen LogP contribution in [0.4, 0.5) is 4.39 Å². The Kier molecular flexibility index (Phi) is 4.01. The molecule has 0 aliphatic carbocycles. The summed E-state index contributed by atoms with van der Waals surface area (Å²) in [6, 6.07) is 11.6. The van der Waals surface area contributed by atoms with Crippen LogP contribution in [0.25, 0.3) is 0 Å². The molecule has 1 fully saturated rings. The van der Waals surface area contributed by atoms with Gasteiger partial charge in [0.25, 0.3) is 0 Å². The number of hydrogen-bond acceptors (Lipinski definition) is 2. The maximum Gasteiger partial charge on any atom is 0.123 e. The highest BCUT2D eigenvalue weighted by atomic mass is 79.9. The Labute approximate surface area is 125 Å². The van der Waals surface area contributed by atoms with Gasteiger partial charge < -0.3 is 0 Å². The largest absolute Gasteiger partial charge is 0.291 e. The molecule has 0 saturated carbocycles. The molecule has 0 bridgehead atoms. The number of rotatable bonds is 3. The van der Waals surface area contributed by atoms with Crippen molar-refractivity contribution in [1.29, 1.82) is 0 Å². The zero-order valence-corrected chi connectivity index (χ0v) is 12.9. The van der Waals surface area contributed by atoms with E-state index in [1.54, 1.807) is 17.4 Å². The van der Waals surface area contributed by atoms with E-state index >= 15 is 0 Å². The van der Waals surface area contributed by atoms with E-state index in [4.69, 9.17) is 0 Å². The molecule has 1 aliphatic rings. The highest BCUT2D eigenvalue weighted by molar-refractivity contribution is 9.11. The van der Waals surface area contributed by atoms with Crippen LogP contribution >= 0.6 is 27.3 Å². The van der Waals surface area contributed by atoms with E-state index < -0.39 is 0 Å². The molecule has 1 aromatic heterocycles. The number of nitrogens with zero attached hydrogens (tertiary/aromatic N) is 1. The topological polar surface area (TPSA) is 3.24 Å². The van der Waals surface area contributed by atoms with Gasteiger partial charge >= 0.3 is 0 Å². The molecule has 1 aliphatic heterocycles. The van der Waals surface area contributed by atoms with Crippen LogP contribution in [0.3, 0.4) is 0 Å². The van der Waals surface area contributed by atoms with Crippen LogP contribution in [0.5, 0.6) is 0 Å². The van der Waals surface area contributed by atoms with Gasteiger partial charge in [-0.25, -0.2) is 4.39 Å². The maximum atomic E-state index is 13.4. The van der Waals surface area contributed by atoms with Crippen LogP contribution in [-0.4, -0.2) is 11.4 Å². The van der Waals surface area contributed by atoms with Crippen molar-refractivity contribution >= 4 is 27.3 Å². The summed E-state index contributed by atoms with van der Waals surface area (Å²) in [4.78, 5) is 3.81. The van der Waals surface area contributed by atoms with E-state index in [0.29, 0.717) is 6.04 Å². The normalized spacial score (nSPS) is 20.0. The average Bonchev–Trinajstić information content (AvgIpc) is 2.99. The highest BCUT2D eigenvalue weighted by Gasteiger charge is 2.26. The third kappa shape index (κ3) is 3.07. The third-order valence-electron chi connectivity index (χ3n) is 3.58. The van der Waals surface area contributed by atoms with Crippen LogP contribution in [0.15, 0.2) is 40.2 Å². The van der Waals surface area contributed by atoms with E-state index in [0.717, 1.165) is 25.1 Å². The van der Waals surface area contributed by atoms with Crippen molar-refractivity contribution in [1.82, 2.24) is 4.90 Å². The van der Waals surface area contributed by atoms with E-state index in [-0.39, 0.29) is 5.82 Å². The zero-order valence-electron chi connectivity index (χ0n) is 10.5. The molecule has 100 valence electrons. The molecule has 1 atom stereocenters. The first kappa shape index (κ1) is 13.3. The van der Waals surface area contributed by atoms with Crippen LogP contribution in [0.1, 0.15) is 29.3 Å². The molecule has 0 spiro atoms. The summed E-state index contributed by atoms with van der Waals surface area (Å²) in [5.74, 6) is -0.136. The summed E-state index contributed by atoms with van der Waals surface area (Å²) in [6.07, 6.45) is 2.31. The van der Waals surface area contributed by atoms with Gasteiger partial charge in [0.05, 0.1) is 3.79 Å². The molecule has 0 radical (unpaired) electrons.